The average Bonchev–Trinajstić information content (AvgIpc) is 2.33. The average molecular weight is 168 g/mol. The predicted molar refractivity (Wildman–Crippen MR) is 50.0 cm³/mol. The molecule has 4 heteroatoms. The number of hydrogen-bond acceptors (Lipinski definition) is 4. The lowest BCUT2D eigenvalue weighted by atomic mass is 10.2. The molecule has 1 rings (SSSR count). The summed E-state index contributed by atoms with van der Waals surface area (Å²) in [7, 11) is 0. The molecule has 0 aliphatic carbocycles. The van der Waals surface area contributed by atoms with E-state index >= 15 is 0 Å². The Morgan fingerprint density at radius 1 is 1.17 bits per heavy atom. The van der Waals surface area contributed by atoms with Crippen LogP contribution in [0.3, 0.4) is 0 Å². The number of hydrogen-bond donors (Lipinski definition) is 3. The standard InChI is InChI=1S/C8H16N4/c1-3-10-7-5-12(9)6-8(7)11-4-2/h3-4,7-8,10-11H,1-2,5-6,9H2. The molecule has 4 nitrogen and oxygen atoms in total. The van der Waals surface area contributed by atoms with E-state index in [2.05, 4.69) is 23.8 Å². The van der Waals surface area contributed by atoms with Crippen LogP contribution < -0.4 is 16.5 Å². The smallest absolute Gasteiger partial charge is 0.0610 e. The molecule has 0 saturated carbocycles. The summed E-state index contributed by atoms with van der Waals surface area (Å²) in [6.07, 6.45) is 3.39. The van der Waals surface area contributed by atoms with Crippen molar-refractivity contribution in [2.75, 3.05) is 13.1 Å². The minimum atomic E-state index is 0.325. The van der Waals surface area contributed by atoms with E-state index in [0.717, 1.165) is 13.1 Å². The minimum absolute atomic E-state index is 0.325. The summed E-state index contributed by atoms with van der Waals surface area (Å²) in [5.74, 6) is 5.66. The SMILES string of the molecule is C=CNC1CN(N)CC1NC=C. The van der Waals surface area contributed by atoms with E-state index in [1.54, 1.807) is 17.4 Å². The van der Waals surface area contributed by atoms with Crippen molar-refractivity contribution in [2.24, 2.45) is 5.84 Å². The topological polar surface area (TPSA) is 53.3 Å². The van der Waals surface area contributed by atoms with Gasteiger partial charge in [0.1, 0.15) is 0 Å². The molecule has 1 aliphatic heterocycles. The van der Waals surface area contributed by atoms with Gasteiger partial charge in [-0.1, -0.05) is 13.2 Å². The van der Waals surface area contributed by atoms with Crippen LogP contribution >= 0.6 is 0 Å². The molecule has 0 radical (unpaired) electrons. The van der Waals surface area contributed by atoms with Crippen molar-refractivity contribution in [3.63, 3.8) is 0 Å². The Kier molecular flexibility index (Phi) is 3.13. The Balaban J connectivity index is 2.46. The van der Waals surface area contributed by atoms with Crippen LogP contribution in [0.5, 0.6) is 0 Å². The van der Waals surface area contributed by atoms with Gasteiger partial charge in [0, 0.05) is 13.1 Å². The lowest BCUT2D eigenvalue weighted by molar-refractivity contribution is 0.342. The van der Waals surface area contributed by atoms with E-state index < -0.39 is 0 Å². The second-order valence-electron chi connectivity index (χ2n) is 2.91. The second kappa shape index (κ2) is 4.13. The number of nitrogens with two attached hydrogens (primary N) is 1. The quantitative estimate of drug-likeness (QED) is 0.490. The molecule has 1 aliphatic rings. The van der Waals surface area contributed by atoms with Crippen LogP contribution in [0.4, 0.5) is 0 Å². The van der Waals surface area contributed by atoms with Gasteiger partial charge in [-0.15, -0.1) is 0 Å². The van der Waals surface area contributed by atoms with E-state index in [-0.39, 0.29) is 0 Å². The molecule has 2 unspecified atom stereocenters. The molecular weight excluding hydrogens is 152 g/mol. The van der Waals surface area contributed by atoms with Crippen LogP contribution in [-0.4, -0.2) is 30.2 Å². The van der Waals surface area contributed by atoms with E-state index in [1.807, 2.05) is 0 Å². The Hall–Kier alpha value is -1.00. The van der Waals surface area contributed by atoms with E-state index in [1.165, 1.54) is 0 Å². The molecule has 0 aromatic rings. The van der Waals surface area contributed by atoms with Crippen LogP contribution in [0.15, 0.2) is 25.6 Å². The highest BCUT2D eigenvalue weighted by atomic mass is 15.4. The maximum Gasteiger partial charge on any atom is 0.0610 e. The van der Waals surface area contributed by atoms with Crippen LogP contribution in [-0.2, 0) is 0 Å². The van der Waals surface area contributed by atoms with Gasteiger partial charge in [0.05, 0.1) is 12.1 Å². The van der Waals surface area contributed by atoms with Crippen LogP contribution in [0, 0.1) is 0 Å². The van der Waals surface area contributed by atoms with Crippen LogP contribution in [0.2, 0.25) is 0 Å². The molecule has 12 heavy (non-hydrogen) atoms. The van der Waals surface area contributed by atoms with Crippen molar-refractivity contribution >= 4 is 0 Å². The first-order valence-corrected chi connectivity index (χ1v) is 4.01. The fourth-order valence-electron chi connectivity index (χ4n) is 1.47. The fraction of sp³-hybridized carbons (Fsp3) is 0.500. The van der Waals surface area contributed by atoms with Crippen molar-refractivity contribution in [1.29, 1.82) is 0 Å². The zero-order chi connectivity index (χ0) is 8.97. The Bertz CT molecular complexity index is 150. The molecule has 1 heterocycles. The summed E-state index contributed by atoms with van der Waals surface area (Å²) in [6, 6.07) is 0.649. The maximum atomic E-state index is 5.66. The molecular formula is C8H16N4. The van der Waals surface area contributed by atoms with Gasteiger partial charge in [0.25, 0.3) is 0 Å². The highest BCUT2D eigenvalue weighted by Crippen LogP contribution is 2.05. The Morgan fingerprint density at radius 2 is 1.58 bits per heavy atom. The first-order valence-electron chi connectivity index (χ1n) is 4.01. The highest BCUT2D eigenvalue weighted by molar-refractivity contribution is 4.96. The normalized spacial score (nSPS) is 29.8. The molecule has 0 spiro atoms. The van der Waals surface area contributed by atoms with Crippen LogP contribution in [0.1, 0.15) is 0 Å². The van der Waals surface area contributed by atoms with Gasteiger partial charge in [-0.2, -0.15) is 0 Å². The van der Waals surface area contributed by atoms with Gasteiger partial charge in [-0.05, 0) is 12.4 Å². The number of hydrazine groups is 1. The monoisotopic (exact) mass is 168 g/mol. The largest absolute Gasteiger partial charge is 0.385 e. The summed E-state index contributed by atoms with van der Waals surface area (Å²) in [4.78, 5) is 0. The molecule has 0 bridgehead atoms. The molecule has 1 saturated heterocycles. The van der Waals surface area contributed by atoms with E-state index in [4.69, 9.17) is 5.84 Å². The Labute approximate surface area is 73.1 Å². The maximum absolute atomic E-state index is 5.66. The molecule has 4 N–H and O–H groups in total. The number of rotatable bonds is 4. The number of nitrogens with zero attached hydrogens (tertiary/aromatic N) is 1. The Morgan fingerprint density at radius 3 is 1.92 bits per heavy atom. The summed E-state index contributed by atoms with van der Waals surface area (Å²) in [5.41, 5.74) is 0. The van der Waals surface area contributed by atoms with Crippen molar-refractivity contribution in [3.8, 4) is 0 Å². The first-order chi connectivity index (χ1) is 5.77. The summed E-state index contributed by atoms with van der Waals surface area (Å²) < 4.78 is 0. The van der Waals surface area contributed by atoms with Gasteiger partial charge in [0.2, 0.25) is 0 Å². The summed E-state index contributed by atoms with van der Waals surface area (Å²) in [5, 5.41) is 8.06. The van der Waals surface area contributed by atoms with Crippen molar-refractivity contribution in [1.82, 2.24) is 15.6 Å². The highest BCUT2D eigenvalue weighted by Gasteiger charge is 2.29. The molecule has 0 aromatic carbocycles. The van der Waals surface area contributed by atoms with Crippen LogP contribution in [0.25, 0.3) is 0 Å². The third-order valence-corrected chi connectivity index (χ3v) is 2.01. The van der Waals surface area contributed by atoms with Gasteiger partial charge < -0.3 is 10.6 Å². The zero-order valence-electron chi connectivity index (χ0n) is 7.16. The van der Waals surface area contributed by atoms with Crippen molar-refractivity contribution in [3.05, 3.63) is 25.6 Å². The second-order valence-corrected chi connectivity index (χ2v) is 2.91. The summed E-state index contributed by atoms with van der Waals surface area (Å²) >= 11 is 0. The minimum Gasteiger partial charge on any atom is -0.385 e. The third kappa shape index (κ3) is 1.99. The number of nitrogens with one attached hydrogen (secondary N) is 2. The lowest BCUT2D eigenvalue weighted by Crippen LogP contribution is -2.42. The van der Waals surface area contributed by atoms with Gasteiger partial charge in [0.15, 0.2) is 0 Å². The van der Waals surface area contributed by atoms with Gasteiger partial charge in [-0.25, -0.2) is 5.01 Å². The van der Waals surface area contributed by atoms with Crippen molar-refractivity contribution < 1.29 is 0 Å². The molecule has 0 aromatic heterocycles. The molecule has 0 amide bonds. The molecule has 2 atom stereocenters. The van der Waals surface area contributed by atoms with Crippen molar-refractivity contribution in [2.45, 2.75) is 12.1 Å². The fourth-order valence-corrected chi connectivity index (χ4v) is 1.47. The molecule has 1 fully saturated rings. The third-order valence-electron chi connectivity index (χ3n) is 2.01. The van der Waals surface area contributed by atoms with Gasteiger partial charge >= 0.3 is 0 Å². The zero-order valence-corrected chi connectivity index (χ0v) is 7.16. The van der Waals surface area contributed by atoms with E-state index in [9.17, 15) is 0 Å². The van der Waals surface area contributed by atoms with E-state index in [0.29, 0.717) is 12.1 Å². The van der Waals surface area contributed by atoms with Gasteiger partial charge in [-0.3, -0.25) is 5.84 Å². The molecule has 68 valence electrons. The first kappa shape index (κ1) is 9.09. The lowest BCUT2D eigenvalue weighted by Gasteiger charge is -2.18. The predicted octanol–water partition coefficient (Wildman–Crippen LogP) is -0.621. The summed E-state index contributed by atoms with van der Waals surface area (Å²) in [6.45, 7) is 8.90.